The highest BCUT2D eigenvalue weighted by Gasteiger charge is 2.42. The molecule has 3 aromatic rings. The highest BCUT2D eigenvalue weighted by Crippen LogP contribution is 2.33. The highest BCUT2D eigenvalue weighted by molar-refractivity contribution is 5.70. The van der Waals surface area contributed by atoms with Gasteiger partial charge in [0.05, 0.1) is 11.1 Å². The van der Waals surface area contributed by atoms with Crippen molar-refractivity contribution >= 4 is 12.2 Å². The number of likely N-dealkylation sites (tertiary alicyclic amines) is 1. The number of carbonyl (C=O) groups is 2. The lowest BCUT2D eigenvalue weighted by atomic mass is 9.89. The van der Waals surface area contributed by atoms with E-state index in [2.05, 4.69) is 57.2 Å². The third-order valence-electron chi connectivity index (χ3n) is 7.89. The summed E-state index contributed by atoms with van der Waals surface area (Å²) in [5, 5.41) is 9.53. The Balaban J connectivity index is 0.000000215. The van der Waals surface area contributed by atoms with Crippen molar-refractivity contribution < 1.29 is 19.1 Å². The fraction of sp³-hybridized carbons (Fsp3) is 0.459. The molecule has 0 aliphatic carbocycles. The van der Waals surface area contributed by atoms with Crippen molar-refractivity contribution in [2.24, 2.45) is 0 Å². The monoisotopic (exact) mass is 614 g/mol. The maximum absolute atomic E-state index is 12.5. The molecule has 242 valence electrons. The number of hydrogen-bond donors (Lipinski definition) is 3. The molecule has 2 aliphatic heterocycles. The van der Waals surface area contributed by atoms with Crippen LogP contribution in [0.4, 0.5) is 9.59 Å². The van der Waals surface area contributed by atoms with Crippen LogP contribution in [0.5, 0.6) is 0 Å². The molecule has 2 atom stereocenters. The molecule has 3 N–H and O–H groups in total. The number of hydrogen-bond acceptors (Lipinski definition) is 6. The minimum absolute atomic E-state index is 0.358. The minimum atomic E-state index is -0.510. The lowest BCUT2D eigenvalue weighted by Gasteiger charge is -2.32. The summed E-state index contributed by atoms with van der Waals surface area (Å²) in [7, 11) is 0. The molecule has 3 aromatic carbocycles. The topological polar surface area (TPSA) is 91.9 Å². The van der Waals surface area contributed by atoms with Gasteiger partial charge in [0.15, 0.2) is 0 Å². The first-order chi connectivity index (χ1) is 21.3. The third kappa shape index (κ3) is 10.1. The van der Waals surface area contributed by atoms with E-state index in [1.54, 1.807) is 0 Å². The number of carbonyl (C=O) groups excluding carboxylic acids is 2. The number of ether oxygens (including phenoxy) is 2. The van der Waals surface area contributed by atoms with Crippen molar-refractivity contribution in [2.45, 2.75) is 83.2 Å². The van der Waals surface area contributed by atoms with Crippen LogP contribution in [0.3, 0.4) is 0 Å². The summed E-state index contributed by atoms with van der Waals surface area (Å²) in [6.07, 6.45) is 1.02. The van der Waals surface area contributed by atoms with Crippen LogP contribution >= 0.6 is 0 Å². The van der Waals surface area contributed by atoms with Crippen LogP contribution in [-0.2, 0) is 27.1 Å². The lowest BCUT2D eigenvalue weighted by Crippen LogP contribution is -2.49. The average Bonchev–Trinajstić information content (AvgIpc) is 3.61. The summed E-state index contributed by atoms with van der Waals surface area (Å²) in [6, 6.07) is 30.7. The van der Waals surface area contributed by atoms with Crippen LogP contribution in [-0.4, -0.2) is 54.5 Å². The smallest absolute Gasteiger partial charge is 0.408 e. The van der Waals surface area contributed by atoms with Gasteiger partial charge < -0.3 is 25.4 Å². The first-order valence-corrected chi connectivity index (χ1v) is 15.9. The number of benzene rings is 3. The van der Waals surface area contributed by atoms with Crippen molar-refractivity contribution in [3.63, 3.8) is 0 Å². The van der Waals surface area contributed by atoms with Crippen LogP contribution in [0.1, 0.15) is 71.1 Å². The summed E-state index contributed by atoms with van der Waals surface area (Å²) in [6.45, 7) is 15.5. The Kier molecular flexibility index (Phi) is 10.9. The molecule has 8 nitrogen and oxygen atoms in total. The van der Waals surface area contributed by atoms with Gasteiger partial charge in [0, 0.05) is 26.2 Å². The molecule has 2 fully saturated rings. The SMILES string of the molecule is CC(C)(C)OC(=O)NC1(c2ccccc2)CCN(Cc2ccccc2)C1.CC(C)(C)OC(=O)NC1(c2ccccc2)CCNC1. The second kappa shape index (κ2) is 14.5. The molecule has 2 unspecified atom stereocenters. The van der Waals surface area contributed by atoms with Gasteiger partial charge in [-0.25, -0.2) is 9.59 Å². The molecule has 5 rings (SSSR count). The quantitative estimate of drug-likeness (QED) is 0.286. The van der Waals surface area contributed by atoms with Gasteiger partial charge in [-0.05, 0) is 77.6 Å². The van der Waals surface area contributed by atoms with Gasteiger partial charge in [0.1, 0.15) is 11.2 Å². The van der Waals surface area contributed by atoms with Gasteiger partial charge in [-0.2, -0.15) is 0 Å². The third-order valence-corrected chi connectivity index (χ3v) is 7.89. The van der Waals surface area contributed by atoms with Gasteiger partial charge in [-0.1, -0.05) is 91.0 Å². The molecule has 0 spiro atoms. The van der Waals surface area contributed by atoms with E-state index < -0.39 is 16.7 Å². The predicted octanol–water partition coefficient (Wildman–Crippen LogP) is 6.71. The second-order valence-electron chi connectivity index (χ2n) is 14.0. The van der Waals surface area contributed by atoms with Crippen molar-refractivity contribution in [2.75, 3.05) is 26.2 Å². The summed E-state index contributed by atoms with van der Waals surface area (Å²) < 4.78 is 10.9. The average molecular weight is 615 g/mol. The first-order valence-electron chi connectivity index (χ1n) is 15.9. The zero-order chi connectivity index (χ0) is 32.6. The molecule has 0 saturated carbocycles. The Hall–Kier alpha value is -3.88. The van der Waals surface area contributed by atoms with Crippen molar-refractivity contribution in [3.8, 4) is 0 Å². The van der Waals surface area contributed by atoms with Crippen molar-refractivity contribution in [1.82, 2.24) is 20.9 Å². The van der Waals surface area contributed by atoms with Gasteiger partial charge in [-0.3, -0.25) is 4.90 Å². The zero-order valence-electron chi connectivity index (χ0n) is 27.7. The van der Waals surface area contributed by atoms with E-state index >= 15 is 0 Å². The maximum Gasteiger partial charge on any atom is 0.408 e. The Morgan fingerprint density at radius 3 is 1.64 bits per heavy atom. The summed E-state index contributed by atoms with van der Waals surface area (Å²) in [5.74, 6) is 0. The molecular weight excluding hydrogens is 564 g/mol. The van der Waals surface area contributed by atoms with Gasteiger partial charge in [0.25, 0.3) is 0 Å². The summed E-state index contributed by atoms with van der Waals surface area (Å²) in [5.41, 5.74) is 1.76. The van der Waals surface area contributed by atoms with E-state index in [4.69, 9.17) is 9.47 Å². The number of rotatable bonds is 6. The molecule has 0 radical (unpaired) electrons. The highest BCUT2D eigenvalue weighted by atomic mass is 16.6. The van der Waals surface area contributed by atoms with Crippen LogP contribution in [0.15, 0.2) is 91.0 Å². The summed E-state index contributed by atoms with van der Waals surface area (Å²) >= 11 is 0. The Morgan fingerprint density at radius 1 is 0.711 bits per heavy atom. The Morgan fingerprint density at radius 2 is 1.18 bits per heavy atom. The van der Waals surface area contributed by atoms with Crippen LogP contribution in [0.2, 0.25) is 0 Å². The predicted molar refractivity (Wildman–Crippen MR) is 179 cm³/mol. The van der Waals surface area contributed by atoms with E-state index in [0.717, 1.165) is 56.7 Å². The van der Waals surface area contributed by atoms with E-state index in [1.165, 1.54) is 5.56 Å². The molecule has 2 heterocycles. The number of alkyl carbamates (subject to hydrolysis) is 2. The standard InChI is InChI=1S/C22H28N2O2.C15H22N2O2/c1-21(2,3)26-20(25)23-22(19-12-8-5-9-13-19)14-15-24(17-22)16-18-10-6-4-7-11-18;1-14(2,3)19-13(18)17-15(9-10-16-11-15)12-7-5-4-6-8-12/h4-13H,14-17H2,1-3H3,(H,23,25);4-8,16H,9-11H2,1-3H3,(H,17,18). The zero-order valence-corrected chi connectivity index (χ0v) is 27.7. The molecule has 2 amide bonds. The fourth-order valence-corrected chi connectivity index (χ4v) is 5.90. The Bertz CT molecular complexity index is 1360. The van der Waals surface area contributed by atoms with E-state index in [1.807, 2.05) is 96.1 Å². The molecule has 8 heteroatoms. The van der Waals surface area contributed by atoms with Gasteiger partial charge in [-0.15, -0.1) is 0 Å². The molecular formula is C37H50N4O4. The second-order valence-corrected chi connectivity index (χ2v) is 14.0. The van der Waals surface area contributed by atoms with E-state index in [0.29, 0.717) is 0 Å². The van der Waals surface area contributed by atoms with E-state index in [9.17, 15) is 9.59 Å². The first kappa shape index (κ1) is 34.0. The number of nitrogens with one attached hydrogen (secondary N) is 3. The Labute approximate surface area is 268 Å². The van der Waals surface area contributed by atoms with Gasteiger partial charge >= 0.3 is 12.2 Å². The molecule has 45 heavy (non-hydrogen) atoms. The lowest BCUT2D eigenvalue weighted by molar-refractivity contribution is 0.0444. The molecule has 2 saturated heterocycles. The summed E-state index contributed by atoms with van der Waals surface area (Å²) in [4.78, 5) is 26.9. The number of nitrogens with zero attached hydrogens (tertiary/aromatic N) is 1. The van der Waals surface area contributed by atoms with Crippen molar-refractivity contribution in [3.05, 3.63) is 108 Å². The molecule has 0 bridgehead atoms. The van der Waals surface area contributed by atoms with Crippen LogP contribution < -0.4 is 16.0 Å². The number of amides is 2. The largest absolute Gasteiger partial charge is 0.444 e. The molecule has 2 aliphatic rings. The van der Waals surface area contributed by atoms with Crippen LogP contribution in [0, 0.1) is 0 Å². The minimum Gasteiger partial charge on any atom is -0.444 e. The van der Waals surface area contributed by atoms with E-state index in [-0.39, 0.29) is 17.7 Å². The van der Waals surface area contributed by atoms with Crippen LogP contribution in [0.25, 0.3) is 0 Å². The van der Waals surface area contributed by atoms with Gasteiger partial charge in [0.2, 0.25) is 0 Å². The molecule has 0 aromatic heterocycles. The maximum atomic E-state index is 12.5. The fourth-order valence-electron chi connectivity index (χ4n) is 5.90. The normalized spacial score (nSPS) is 21.7. The van der Waals surface area contributed by atoms with Crippen molar-refractivity contribution in [1.29, 1.82) is 0 Å².